The average Bonchev–Trinajstić information content (AvgIpc) is 3.11. The first kappa shape index (κ1) is 19.0. The van der Waals surface area contributed by atoms with Crippen LogP contribution in [0.3, 0.4) is 0 Å². The lowest BCUT2D eigenvalue weighted by Crippen LogP contribution is -2.13. The number of aliphatic hydroxyl groups is 1. The molecule has 142 valence electrons. The van der Waals surface area contributed by atoms with E-state index in [1.54, 1.807) is 6.92 Å². The summed E-state index contributed by atoms with van der Waals surface area (Å²) in [5.41, 5.74) is 5.65. The minimum atomic E-state index is -0.242. The van der Waals surface area contributed by atoms with E-state index in [1.807, 2.05) is 54.9 Å². The van der Waals surface area contributed by atoms with Crippen LogP contribution in [0.2, 0.25) is 0 Å². The van der Waals surface area contributed by atoms with Gasteiger partial charge in [-0.3, -0.25) is 4.79 Å². The first-order valence-electron chi connectivity index (χ1n) is 9.27. The third-order valence-electron chi connectivity index (χ3n) is 4.87. The Hall–Kier alpha value is -2.73. The smallest absolute Gasteiger partial charge is 0.306 e. The summed E-state index contributed by atoms with van der Waals surface area (Å²) in [6.45, 7) is 6.91. The van der Waals surface area contributed by atoms with Gasteiger partial charge in [-0.1, -0.05) is 35.5 Å². The van der Waals surface area contributed by atoms with Crippen molar-refractivity contribution >= 4 is 17.0 Å². The highest BCUT2D eigenvalue weighted by Gasteiger charge is 2.23. The van der Waals surface area contributed by atoms with Crippen LogP contribution >= 0.6 is 0 Å². The number of carbonyl (C=O) groups is 1. The van der Waals surface area contributed by atoms with Crippen molar-refractivity contribution < 1.29 is 14.6 Å². The Labute approximate surface area is 158 Å². The molecule has 6 nitrogen and oxygen atoms in total. The summed E-state index contributed by atoms with van der Waals surface area (Å²) in [4.78, 5) is 12.3. The van der Waals surface area contributed by atoms with Crippen LogP contribution in [0.15, 0.2) is 36.4 Å². The van der Waals surface area contributed by atoms with Gasteiger partial charge in [-0.25, -0.2) is 4.68 Å². The number of nitrogens with zero attached hydrogens (tertiary/aromatic N) is 3. The average molecular weight is 367 g/mol. The second-order valence-electron chi connectivity index (χ2n) is 6.52. The first-order valence-corrected chi connectivity index (χ1v) is 9.27. The standard InChI is InChI=1S/C21H25N3O3/c1-4-24-19-10-9-17(14(3)21(19)22-23-24)18(12-20(26)27-5-2)16-8-6-7-15(11-16)13-25/h6-11,18,25H,4-5,12-13H2,1-3H3. The van der Waals surface area contributed by atoms with Gasteiger partial charge in [0, 0.05) is 12.5 Å². The maximum absolute atomic E-state index is 12.3. The summed E-state index contributed by atoms with van der Waals surface area (Å²) in [5, 5.41) is 18.0. The molecule has 27 heavy (non-hydrogen) atoms. The Morgan fingerprint density at radius 3 is 2.78 bits per heavy atom. The zero-order valence-electron chi connectivity index (χ0n) is 16.0. The number of aromatic nitrogens is 3. The number of hydrogen-bond acceptors (Lipinski definition) is 5. The van der Waals surface area contributed by atoms with Crippen molar-refractivity contribution in [2.24, 2.45) is 0 Å². The molecule has 1 unspecified atom stereocenters. The molecule has 2 aromatic carbocycles. The van der Waals surface area contributed by atoms with Gasteiger partial charge in [0.15, 0.2) is 0 Å². The molecule has 0 aliphatic carbocycles. The molecule has 3 aromatic rings. The van der Waals surface area contributed by atoms with E-state index in [0.29, 0.717) is 6.61 Å². The Kier molecular flexibility index (Phi) is 5.86. The summed E-state index contributed by atoms with van der Waals surface area (Å²) in [6.07, 6.45) is 0.233. The Morgan fingerprint density at radius 2 is 2.07 bits per heavy atom. The molecule has 0 fully saturated rings. The quantitative estimate of drug-likeness (QED) is 0.648. The minimum absolute atomic E-state index is 0.0389. The zero-order chi connectivity index (χ0) is 19.4. The van der Waals surface area contributed by atoms with E-state index in [2.05, 4.69) is 10.3 Å². The molecule has 1 aromatic heterocycles. The van der Waals surface area contributed by atoms with Crippen LogP contribution in [0.25, 0.3) is 11.0 Å². The van der Waals surface area contributed by atoms with Crippen LogP contribution in [-0.4, -0.2) is 32.7 Å². The van der Waals surface area contributed by atoms with Crippen LogP contribution in [0.4, 0.5) is 0 Å². The first-order chi connectivity index (χ1) is 13.1. The maximum Gasteiger partial charge on any atom is 0.306 e. The molecular formula is C21H25N3O3. The number of rotatable bonds is 7. The van der Waals surface area contributed by atoms with Crippen LogP contribution < -0.4 is 0 Å². The van der Waals surface area contributed by atoms with Gasteiger partial charge in [-0.05, 0) is 49.1 Å². The molecule has 0 aliphatic rings. The molecule has 0 saturated carbocycles. The zero-order valence-corrected chi connectivity index (χ0v) is 16.0. The molecule has 0 amide bonds. The number of fused-ring (bicyclic) bond motifs is 1. The van der Waals surface area contributed by atoms with E-state index in [9.17, 15) is 9.90 Å². The molecular weight excluding hydrogens is 342 g/mol. The SMILES string of the molecule is CCOC(=O)CC(c1cccc(CO)c1)c1ccc2c(nnn2CC)c1C. The Balaban J connectivity index is 2.10. The second-order valence-corrected chi connectivity index (χ2v) is 6.52. The molecule has 0 aliphatic heterocycles. The molecule has 0 bridgehead atoms. The molecule has 6 heteroatoms. The van der Waals surface area contributed by atoms with E-state index in [4.69, 9.17) is 4.74 Å². The van der Waals surface area contributed by atoms with Gasteiger partial charge in [-0.2, -0.15) is 0 Å². The molecule has 1 N–H and O–H groups in total. The Morgan fingerprint density at radius 1 is 1.26 bits per heavy atom. The third kappa shape index (κ3) is 3.85. The highest BCUT2D eigenvalue weighted by molar-refractivity contribution is 5.80. The highest BCUT2D eigenvalue weighted by Crippen LogP contribution is 2.34. The molecule has 1 atom stereocenters. The van der Waals surface area contributed by atoms with Gasteiger partial charge >= 0.3 is 5.97 Å². The normalized spacial score (nSPS) is 12.3. The van der Waals surface area contributed by atoms with E-state index < -0.39 is 0 Å². The van der Waals surface area contributed by atoms with E-state index in [1.165, 1.54) is 0 Å². The fraction of sp³-hybridized carbons (Fsp3) is 0.381. The van der Waals surface area contributed by atoms with Gasteiger partial charge in [0.2, 0.25) is 0 Å². The van der Waals surface area contributed by atoms with E-state index in [0.717, 1.165) is 39.8 Å². The molecule has 1 heterocycles. The van der Waals surface area contributed by atoms with Gasteiger partial charge in [-0.15, -0.1) is 5.10 Å². The molecule has 0 saturated heterocycles. The fourth-order valence-electron chi connectivity index (χ4n) is 3.50. The number of ether oxygens (including phenoxy) is 1. The van der Waals surface area contributed by atoms with Crippen molar-refractivity contribution in [3.8, 4) is 0 Å². The summed E-state index contributed by atoms with van der Waals surface area (Å²) in [7, 11) is 0. The van der Waals surface area contributed by atoms with Crippen LogP contribution in [0.1, 0.15) is 48.4 Å². The molecule has 0 spiro atoms. The largest absolute Gasteiger partial charge is 0.466 e. The summed E-state index contributed by atoms with van der Waals surface area (Å²) >= 11 is 0. The van der Waals surface area contributed by atoms with Crippen LogP contribution in [0, 0.1) is 6.92 Å². The lowest BCUT2D eigenvalue weighted by atomic mass is 9.85. The lowest BCUT2D eigenvalue weighted by Gasteiger charge is -2.20. The number of aryl methyl sites for hydroxylation is 2. The Bertz CT molecular complexity index is 949. The molecule has 0 radical (unpaired) electrons. The predicted molar refractivity (Wildman–Crippen MR) is 103 cm³/mol. The minimum Gasteiger partial charge on any atom is -0.466 e. The van der Waals surface area contributed by atoms with E-state index in [-0.39, 0.29) is 24.9 Å². The van der Waals surface area contributed by atoms with Crippen molar-refractivity contribution in [1.82, 2.24) is 15.0 Å². The van der Waals surface area contributed by atoms with Gasteiger partial charge < -0.3 is 9.84 Å². The van der Waals surface area contributed by atoms with Crippen molar-refractivity contribution in [3.63, 3.8) is 0 Å². The maximum atomic E-state index is 12.3. The van der Waals surface area contributed by atoms with Crippen molar-refractivity contribution in [3.05, 3.63) is 58.7 Å². The van der Waals surface area contributed by atoms with E-state index >= 15 is 0 Å². The number of aliphatic hydroxyl groups excluding tert-OH is 1. The van der Waals surface area contributed by atoms with Crippen molar-refractivity contribution in [2.45, 2.75) is 46.3 Å². The third-order valence-corrected chi connectivity index (χ3v) is 4.87. The lowest BCUT2D eigenvalue weighted by molar-refractivity contribution is -0.143. The number of benzene rings is 2. The summed E-state index contributed by atoms with van der Waals surface area (Å²) in [5.74, 6) is -0.416. The molecule has 3 rings (SSSR count). The van der Waals surface area contributed by atoms with Crippen LogP contribution in [0.5, 0.6) is 0 Å². The summed E-state index contributed by atoms with van der Waals surface area (Å²) < 4.78 is 7.06. The number of carbonyl (C=O) groups excluding carboxylic acids is 1. The van der Waals surface area contributed by atoms with Gasteiger partial charge in [0.25, 0.3) is 0 Å². The van der Waals surface area contributed by atoms with Gasteiger partial charge in [0.05, 0.1) is 25.2 Å². The van der Waals surface area contributed by atoms with Crippen molar-refractivity contribution in [1.29, 1.82) is 0 Å². The second kappa shape index (κ2) is 8.31. The topological polar surface area (TPSA) is 77.2 Å². The highest BCUT2D eigenvalue weighted by atomic mass is 16.5. The fourth-order valence-corrected chi connectivity index (χ4v) is 3.50. The monoisotopic (exact) mass is 367 g/mol. The van der Waals surface area contributed by atoms with Gasteiger partial charge in [0.1, 0.15) is 5.52 Å². The van der Waals surface area contributed by atoms with Crippen molar-refractivity contribution in [2.75, 3.05) is 6.61 Å². The number of hydrogen-bond donors (Lipinski definition) is 1. The van der Waals surface area contributed by atoms with Crippen LogP contribution in [-0.2, 0) is 22.7 Å². The summed E-state index contributed by atoms with van der Waals surface area (Å²) in [6, 6.07) is 11.7. The number of esters is 1. The predicted octanol–water partition coefficient (Wildman–Crippen LogP) is 3.34.